The molecule has 1 aromatic heterocycles. The molecule has 5 heteroatoms. The number of amidine groups is 1. The Morgan fingerprint density at radius 3 is 2.80 bits per heavy atom. The van der Waals surface area contributed by atoms with Gasteiger partial charge in [0.25, 0.3) is 0 Å². The van der Waals surface area contributed by atoms with Crippen LogP contribution in [0.3, 0.4) is 0 Å². The highest BCUT2D eigenvalue weighted by Crippen LogP contribution is 2.23. The number of halogens is 1. The summed E-state index contributed by atoms with van der Waals surface area (Å²) >= 11 is 7.06. The SMILES string of the molecule is Brc1ccc(CN=C2NC(Cc3ccccc3)CS2)s1. The van der Waals surface area contributed by atoms with E-state index < -0.39 is 0 Å². The van der Waals surface area contributed by atoms with Crippen LogP contribution in [0.25, 0.3) is 0 Å². The van der Waals surface area contributed by atoms with Crippen LogP contribution in [0.5, 0.6) is 0 Å². The van der Waals surface area contributed by atoms with Crippen molar-refractivity contribution in [2.75, 3.05) is 5.75 Å². The van der Waals surface area contributed by atoms with Gasteiger partial charge in [-0.25, -0.2) is 0 Å². The third kappa shape index (κ3) is 3.87. The lowest BCUT2D eigenvalue weighted by Crippen LogP contribution is -2.28. The van der Waals surface area contributed by atoms with Crippen molar-refractivity contribution in [1.82, 2.24) is 5.32 Å². The van der Waals surface area contributed by atoms with Gasteiger partial charge in [-0.05, 0) is 40.0 Å². The Bertz CT molecular complexity index is 595. The number of nitrogens with zero attached hydrogens (tertiary/aromatic N) is 1. The molecule has 1 N–H and O–H groups in total. The third-order valence-corrected chi connectivity index (χ3v) is 5.78. The van der Waals surface area contributed by atoms with Crippen molar-refractivity contribution in [3.63, 3.8) is 0 Å². The number of hydrogen-bond acceptors (Lipinski definition) is 3. The summed E-state index contributed by atoms with van der Waals surface area (Å²) in [6, 6.07) is 15.3. The van der Waals surface area contributed by atoms with Gasteiger partial charge in [0.15, 0.2) is 5.17 Å². The molecule has 0 aliphatic carbocycles. The minimum absolute atomic E-state index is 0.497. The van der Waals surface area contributed by atoms with E-state index in [4.69, 9.17) is 0 Å². The fourth-order valence-electron chi connectivity index (χ4n) is 2.12. The van der Waals surface area contributed by atoms with Gasteiger partial charge in [-0.3, -0.25) is 4.99 Å². The van der Waals surface area contributed by atoms with Crippen LogP contribution in [0.2, 0.25) is 0 Å². The third-order valence-electron chi connectivity index (χ3n) is 3.08. The van der Waals surface area contributed by atoms with Gasteiger partial charge in [-0.1, -0.05) is 42.1 Å². The number of benzene rings is 1. The van der Waals surface area contributed by atoms with Gasteiger partial charge < -0.3 is 5.32 Å². The summed E-state index contributed by atoms with van der Waals surface area (Å²) in [4.78, 5) is 5.95. The predicted octanol–water partition coefficient (Wildman–Crippen LogP) is 4.31. The van der Waals surface area contributed by atoms with Gasteiger partial charge in [0.2, 0.25) is 0 Å². The largest absolute Gasteiger partial charge is 0.361 e. The molecule has 104 valence electrons. The maximum Gasteiger partial charge on any atom is 0.157 e. The Hall–Kier alpha value is -0.780. The number of aliphatic imine (C=N–C) groups is 1. The number of thioether (sulfide) groups is 1. The van der Waals surface area contributed by atoms with Crippen LogP contribution in [0.15, 0.2) is 51.2 Å². The second-order valence-corrected chi connectivity index (χ2v) is 8.23. The first-order chi connectivity index (χ1) is 9.79. The maximum absolute atomic E-state index is 4.66. The van der Waals surface area contributed by atoms with Crippen LogP contribution in [0.4, 0.5) is 0 Å². The molecule has 20 heavy (non-hydrogen) atoms. The van der Waals surface area contributed by atoms with Crippen LogP contribution in [-0.2, 0) is 13.0 Å². The Morgan fingerprint density at radius 2 is 2.05 bits per heavy atom. The first kappa shape index (κ1) is 14.2. The molecule has 1 saturated heterocycles. The molecule has 2 heterocycles. The molecule has 0 amide bonds. The lowest BCUT2D eigenvalue weighted by atomic mass is 10.1. The van der Waals surface area contributed by atoms with E-state index in [0.717, 1.165) is 23.9 Å². The van der Waals surface area contributed by atoms with Gasteiger partial charge in [-0.15, -0.1) is 11.3 Å². The van der Waals surface area contributed by atoms with Gasteiger partial charge in [0.05, 0.1) is 10.3 Å². The summed E-state index contributed by atoms with van der Waals surface area (Å²) in [5.41, 5.74) is 1.38. The highest BCUT2D eigenvalue weighted by atomic mass is 79.9. The first-order valence-electron chi connectivity index (χ1n) is 6.51. The van der Waals surface area contributed by atoms with E-state index >= 15 is 0 Å². The standard InChI is InChI=1S/C15H15BrN2S2/c16-14-7-6-13(20-14)9-17-15-18-12(10-19-15)8-11-4-2-1-3-5-11/h1-7,12H,8-10H2,(H,17,18). The second kappa shape index (κ2) is 6.78. The fourth-order valence-corrected chi connectivity index (χ4v) is 4.50. The van der Waals surface area contributed by atoms with Gasteiger partial charge >= 0.3 is 0 Å². The number of hydrogen-bond donors (Lipinski definition) is 1. The fraction of sp³-hybridized carbons (Fsp3) is 0.267. The molecular formula is C15H15BrN2S2. The normalized spacial score (nSPS) is 20.2. The minimum Gasteiger partial charge on any atom is -0.361 e. The average molecular weight is 367 g/mol. The monoisotopic (exact) mass is 366 g/mol. The average Bonchev–Trinajstić information content (AvgIpc) is 3.07. The molecule has 0 radical (unpaired) electrons. The van der Waals surface area contributed by atoms with E-state index in [0.29, 0.717) is 6.04 Å². The molecular weight excluding hydrogens is 352 g/mol. The highest BCUT2D eigenvalue weighted by molar-refractivity contribution is 9.11. The van der Waals surface area contributed by atoms with Gasteiger partial charge in [0.1, 0.15) is 0 Å². The van der Waals surface area contributed by atoms with Crippen molar-refractivity contribution in [2.45, 2.75) is 19.0 Å². The van der Waals surface area contributed by atoms with Crippen molar-refractivity contribution in [1.29, 1.82) is 0 Å². The van der Waals surface area contributed by atoms with E-state index in [-0.39, 0.29) is 0 Å². The molecule has 0 bridgehead atoms. The maximum atomic E-state index is 4.66. The van der Waals surface area contributed by atoms with E-state index in [1.165, 1.54) is 14.2 Å². The quantitative estimate of drug-likeness (QED) is 0.871. The van der Waals surface area contributed by atoms with Gasteiger partial charge in [0, 0.05) is 16.7 Å². The molecule has 1 fully saturated rings. The Labute approximate surface area is 135 Å². The molecule has 0 saturated carbocycles. The number of thiophene rings is 1. The number of nitrogens with one attached hydrogen (secondary N) is 1. The van der Waals surface area contributed by atoms with Crippen LogP contribution in [0, 0.1) is 0 Å². The smallest absolute Gasteiger partial charge is 0.157 e. The zero-order valence-electron chi connectivity index (χ0n) is 10.9. The summed E-state index contributed by atoms with van der Waals surface area (Å²) < 4.78 is 1.17. The van der Waals surface area contributed by atoms with Crippen molar-refractivity contribution in [3.05, 3.63) is 56.7 Å². The first-order valence-corrected chi connectivity index (χ1v) is 9.11. The number of rotatable bonds is 4. The lowest BCUT2D eigenvalue weighted by molar-refractivity contribution is 0.686. The van der Waals surface area contributed by atoms with Crippen LogP contribution >= 0.6 is 39.0 Å². The molecule has 2 aromatic rings. The van der Waals surface area contributed by atoms with E-state index in [1.807, 2.05) is 11.8 Å². The van der Waals surface area contributed by atoms with Gasteiger partial charge in [-0.2, -0.15) is 0 Å². The van der Waals surface area contributed by atoms with E-state index in [9.17, 15) is 0 Å². The Balaban J connectivity index is 1.54. The van der Waals surface area contributed by atoms with Crippen molar-refractivity contribution in [3.8, 4) is 0 Å². The molecule has 3 rings (SSSR count). The van der Waals surface area contributed by atoms with Crippen molar-refractivity contribution in [2.24, 2.45) is 4.99 Å². The summed E-state index contributed by atoms with van der Waals surface area (Å²) in [6.07, 6.45) is 1.07. The Kier molecular flexibility index (Phi) is 4.81. The zero-order chi connectivity index (χ0) is 13.8. The zero-order valence-corrected chi connectivity index (χ0v) is 14.1. The summed E-state index contributed by atoms with van der Waals surface area (Å²) in [5, 5.41) is 4.60. The molecule has 1 aliphatic heterocycles. The van der Waals surface area contributed by atoms with Crippen LogP contribution in [0.1, 0.15) is 10.4 Å². The van der Waals surface area contributed by atoms with Crippen molar-refractivity contribution < 1.29 is 0 Å². The molecule has 2 nitrogen and oxygen atoms in total. The second-order valence-electron chi connectivity index (χ2n) is 4.67. The minimum atomic E-state index is 0.497. The topological polar surface area (TPSA) is 24.4 Å². The molecule has 1 aliphatic rings. The Morgan fingerprint density at radius 1 is 1.20 bits per heavy atom. The molecule has 1 aromatic carbocycles. The summed E-state index contributed by atoms with van der Waals surface area (Å²) in [5.74, 6) is 1.10. The summed E-state index contributed by atoms with van der Waals surface area (Å²) in [7, 11) is 0. The van der Waals surface area contributed by atoms with E-state index in [1.54, 1.807) is 11.3 Å². The molecule has 1 unspecified atom stereocenters. The van der Waals surface area contributed by atoms with Crippen LogP contribution < -0.4 is 5.32 Å². The lowest BCUT2D eigenvalue weighted by Gasteiger charge is -2.09. The molecule has 1 atom stereocenters. The predicted molar refractivity (Wildman–Crippen MR) is 92.7 cm³/mol. The van der Waals surface area contributed by atoms with E-state index in [2.05, 4.69) is 68.7 Å². The summed E-state index contributed by atoms with van der Waals surface area (Å²) in [6.45, 7) is 0.768. The highest BCUT2D eigenvalue weighted by Gasteiger charge is 2.20. The van der Waals surface area contributed by atoms with Crippen molar-refractivity contribution >= 4 is 44.2 Å². The van der Waals surface area contributed by atoms with Crippen LogP contribution in [-0.4, -0.2) is 17.0 Å². The molecule has 0 spiro atoms.